The number of nitrogens with one attached hydrogen (secondary N) is 1. The van der Waals surface area contributed by atoms with Crippen LogP contribution in [0.1, 0.15) is 43.6 Å². The third-order valence-electron chi connectivity index (χ3n) is 4.60. The standard InChI is InChI=1S/C23H25NO3/c1-3-9-17-18-13-8-14-19(22(18)23(26)27-20(17)10-4-2)24-21(25)15-16-11-6-5-7-12-16/h5-8,11-14H,3-4,9-10,15H2,1-2H3,(H,24,25). The number of amides is 1. The Morgan fingerprint density at radius 1 is 0.963 bits per heavy atom. The lowest BCUT2D eigenvalue weighted by Crippen LogP contribution is -2.17. The average Bonchev–Trinajstić information content (AvgIpc) is 2.65. The van der Waals surface area contributed by atoms with Crippen molar-refractivity contribution in [2.45, 2.75) is 46.0 Å². The summed E-state index contributed by atoms with van der Waals surface area (Å²) in [7, 11) is 0. The fourth-order valence-corrected chi connectivity index (χ4v) is 3.43. The molecule has 0 saturated carbocycles. The highest BCUT2D eigenvalue weighted by atomic mass is 16.4. The Balaban J connectivity index is 2.00. The maximum atomic E-state index is 12.7. The largest absolute Gasteiger partial charge is 0.427 e. The average molecular weight is 363 g/mol. The zero-order chi connectivity index (χ0) is 19.2. The molecule has 0 spiro atoms. The maximum Gasteiger partial charge on any atom is 0.345 e. The molecule has 3 aromatic rings. The van der Waals surface area contributed by atoms with Gasteiger partial charge in [0.25, 0.3) is 0 Å². The Kier molecular flexibility index (Phi) is 6.07. The summed E-state index contributed by atoms with van der Waals surface area (Å²) in [5, 5.41) is 4.24. The molecule has 0 aliphatic carbocycles. The first-order chi connectivity index (χ1) is 13.1. The van der Waals surface area contributed by atoms with Gasteiger partial charge in [-0.1, -0.05) is 62.7 Å². The molecular formula is C23H25NO3. The molecule has 0 aliphatic heterocycles. The van der Waals surface area contributed by atoms with Crippen molar-refractivity contribution in [3.8, 4) is 0 Å². The smallest absolute Gasteiger partial charge is 0.345 e. The van der Waals surface area contributed by atoms with Crippen LogP contribution >= 0.6 is 0 Å². The Morgan fingerprint density at radius 2 is 1.70 bits per heavy atom. The second kappa shape index (κ2) is 8.67. The monoisotopic (exact) mass is 363 g/mol. The second-order valence-electron chi connectivity index (χ2n) is 6.73. The van der Waals surface area contributed by atoms with Crippen molar-refractivity contribution in [1.82, 2.24) is 0 Å². The fraction of sp³-hybridized carbons (Fsp3) is 0.304. The Hall–Kier alpha value is -2.88. The quantitative estimate of drug-likeness (QED) is 0.651. The molecule has 0 radical (unpaired) electrons. The van der Waals surface area contributed by atoms with Crippen LogP contribution in [0.4, 0.5) is 5.69 Å². The van der Waals surface area contributed by atoms with Crippen LogP contribution in [0.2, 0.25) is 0 Å². The van der Waals surface area contributed by atoms with E-state index in [4.69, 9.17) is 4.42 Å². The first kappa shape index (κ1) is 18.9. The van der Waals surface area contributed by atoms with Crippen molar-refractivity contribution >= 4 is 22.4 Å². The van der Waals surface area contributed by atoms with Crippen LogP contribution in [0.25, 0.3) is 10.8 Å². The van der Waals surface area contributed by atoms with Crippen molar-refractivity contribution in [2.24, 2.45) is 0 Å². The highest BCUT2D eigenvalue weighted by Gasteiger charge is 2.16. The van der Waals surface area contributed by atoms with E-state index in [1.807, 2.05) is 42.5 Å². The number of hydrogen-bond donors (Lipinski definition) is 1. The lowest BCUT2D eigenvalue weighted by molar-refractivity contribution is -0.115. The lowest BCUT2D eigenvalue weighted by Gasteiger charge is -2.13. The first-order valence-corrected chi connectivity index (χ1v) is 9.55. The van der Waals surface area contributed by atoms with Gasteiger partial charge >= 0.3 is 5.63 Å². The van der Waals surface area contributed by atoms with Crippen LogP contribution in [-0.2, 0) is 24.1 Å². The predicted molar refractivity (Wildman–Crippen MR) is 109 cm³/mol. The van der Waals surface area contributed by atoms with Gasteiger partial charge in [-0.15, -0.1) is 0 Å². The summed E-state index contributed by atoms with van der Waals surface area (Å²) >= 11 is 0. The molecule has 1 amide bonds. The summed E-state index contributed by atoms with van der Waals surface area (Å²) in [5.41, 5.74) is 2.14. The minimum atomic E-state index is -0.385. The molecule has 0 aliphatic rings. The van der Waals surface area contributed by atoms with Crippen LogP contribution in [0.15, 0.2) is 57.7 Å². The number of benzene rings is 2. The summed E-state index contributed by atoms with van der Waals surface area (Å²) in [6.07, 6.45) is 3.73. The maximum absolute atomic E-state index is 12.7. The zero-order valence-electron chi connectivity index (χ0n) is 15.9. The van der Waals surface area contributed by atoms with Gasteiger partial charge in [0.15, 0.2) is 0 Å². The van der Waals surface area contributed by atoms with E-state index < -0.39 is 0 Å². The first-order valence-electron chi connectivity index (χ1n) is 9.55. The third kappa shape index (κ3) is 4.27. The molecule has 1 aromatic heterocycles. The van der Waals surface area contributed by atoms with Gasteiger partial charge in [0.1, 0.15) is 5.76 Å². The summed E-state index contributed by atoms with van der Waals surface area (Å²) in [6, 6.07) is 15.1. The number of anilines is 1. The van der Waals surface area contributed by atoms with Crippen LogP contribution in [0.5, 0.6) is 0 Å². The van der Waals surface area contributed by atoms with Crippen LogP contribution in [0.3, 0.4) is 0 Å². The van der Waals surface area contributed by atoms with Crippen molar-refractivity contribution in [3.05, 3.63) is 75.8 Å². The molecule has 3 rings (SSSR count). The molecule has 27 heavy (non-hydrogen) atoms. The van der Waals surface area contributed by atoms with Crippen molar-refractivity contribution in [1.29, 1.82) is 0 Å². The Bertz CT molecular complexity index is 990. The normalized spacial score (nSPS) is 10.9. The number of carbonyl (C=O) groups excluding carboxylic acids is 1. The lowest BCUT2D eigenvalue weighted by atomic mass is 9.98. The van der Waals surface area contributed by atoms with E-state index in [9.17, 15) is 9.59 Å². The third-order valence-corrected chi connectivity index (χ3v) is 4.60. The Morgan fingerprint density at radius 3 is 2.41 bits per heavy atom. The van der Waals surface area contributed by atoms with Gasteiger partial charge in [0.2, 0.25) is 5.91 Å². The Labute approximate surface area is 159 Å². The molecule has 140 valence electrons. The minimum absolute atomic E-state index is 0.150. The van der Waals surface area contributed by atoms with Gasteiger partial charge in [-0.2, -0.15) is 0 Å². The van der Waals surface area contributed by atoms with Crippen LogP contribution in [-0.4, -0.2) is 5.91 Å². The van der Waals surface area contributed by atoms with Crippen molar-refractivity contribution in [2.75, 3.05) is 5.32 Å². The van der Waals surface area contributed by atoms with E-state index in [-0.39, 0.29) is 18.0 Å². The molecule has 0 bridgehead atoms. The van der Waals surface area contributed by atoms with Gasteiger partial charge in [0, 0.05) is 6.42 Å². The van der Waals surface area contributed by atoms with E-state index in [1.165, 1.54) is 0 Å². The molecule has 1 heterocycles. The summed E-state index contributed by atoms with van der Waals surface area (Å²) < 4.78 is 5.65. The minimum Gasteiger partial charge on any atom is -0.427 e. The van der Waals surface area contributed by atoms with E-state index >= 15 is 0 Å². The molecule has 4 heteroatoms. The zero-order valence-corrected chi connectivity index (χ0v) is 15.9. The van der Waals surface area contributed by atoms with E-state index in [0.717, 1.165) is 48.0 Å². The van der Waals surface area contributed by atoms with Crippen LogP contribution < -0.4 is 10.9 Å². The van der Waals surface area contributed by atoms with Gasteiger partial charge in [-0.05, 0) is 35.4 Å². The summed E-state index contributed by atoms with van der Waals surface area (Å²) in [5.74, 6) is 0.618. The van der Waals surface area contributed by atoms with E-state index in [0.29, 0.717) is 11.1 Å². The molecular weight excluding hydrogens is 338 g/mol. The second-order valence-corrected chi connectivity index (χ2v) is 6.73. The topological polar surface area (TPSA) is 59.3 Å². The summed E-state index contributed by atoms with van der Waals surface area (Å²) in [6.45, 7) is 4.18. The highest BCUT2D eigenvalue weighted by molar-refractivity contribution is 6.03. The van der Waals surface area contributed by atoms with Crippen molar-refractivity contribution in [3.63, 3.8) is 0 Å². The molecule has 0 saturated heterocycles. The number of carbonyl (C=O) groups is 1. The van der Waals surface area contributed by atoms with E-state index in [2.05, 4.69) is 19.2 Å². The van der Waals surface area contributed by atoms with Gasteiger partial charge in [0.05, 0.1) is 17.5 Å². The molecule has 2 aromatic carbocycles. The fourth-order valence-electron chi connectivity index (χ4n) is 3.43. The molecule has 4 nitrogen and oxygen atoms in total. The van der Waals surface area contributed by atoms with Crippen LogP contribution in [0, 0.1) is 0 Å². The van der Waals surface area contributed by atoms with Crippen molar-refractivity contribution < 1.29 is 9.21 Å². The molecule has 0 fully saturated rings. The molecule has 0 unspecified atom stereocenters. The van der Waals surface area contributed by atoms with Gasteiger partial charge < -0.3 is 9.73 Å². The molecule has 1 N–H and O–H groups in total. The number of rotatable bonds is 7. The number of aryl methyl sites for hydroxylation is 2. The molecule has 0 atom stereocenters. The van der Waals surface area contributed by atoms with Gasteiger partial charge in [-0.25, -0.2) is 4.79 Å². The SMILES string of the molecule is CCCc1oc(=O)c2c(NC(=O)Cc3ccccc3)cccc2c1CCC. The van der Waals surface area contributed by atoms with E-state index in [1.54, 1.807) is 6.07 Å². The highest BCUT2D eigenvalue weighted by Crippen LogP contribution is 2.27. The summed E-state index contributed by atoms with van der Waals surface area (Å²) in [4.78, 5) is 25.1. The predicted octanol–water partition coefficient (Wildman–Crippen LogP) is 4.88. The van der Waals surface area contributed by atoms with Gasteiger partial charge in [-0.3, -0.25) is 4.79 Å². The number of hydrogen-bond acceptors (Lipinski definition) is 3. The number of fused-ring (bicyclic) bond motifs is 1.